The van der Waals surface area contributed by atoms with E-state index in [0.29, 0.717) is 10.4 Å². The van der Waals surface area contributed by atoms with E-state index < -0.39 is 0 Å². The molecule has 0 bridgehead atoms. The largest absolute Gasteiger partial charge is 0.384 e. The molecule has 21 heavy (non-hydrogen) atoms. The Bertz CT molecular complexity index is 696. The van der Waals surface area contributed by atoms with Crippen LogP contribution in [0.3, 0.4) is 0 Å². The normalized spacial score (nSPS) is 9.67. The number of carbonyl (C=O) groups is 1. The molecule has 1 heterocycles. The zero-order valence-electron chi connectivity index (χ0n) is 11.9. The minimum absolute atomic E-state index is 0.192. The molecule has 0 spiro atoms. The monoisotopic (exact) mass is 300 g/mol. The molecule has 0 saturated carbocycles. The molecule has 2 N–H and O–H groups in total. The van der Waals surface area contributed by atoms with Crippen LogP contribution in [0.25, 0.3) is 0 Å². The van der Waals surface area contributed by atoms with Crippen molar-refractivity contribution >= 4 is 28.6 Å². The number of thiophene rings is 1. The van der Waals surface area contributed by atoms with E-state index in [1.54, 1.807) is 6.07 Å². The van der Waals surface area contributed by atoms with Gasteiger partial charge in [0.25, 0.3) is 5.91 Å². The average molecular weight is 300 g/mol. The van der Waals surface area contributed by atoms with E-state index >= 15 is 0 Å². The molecule has 0 aliphatic carbocycles. The Morgan fingerprint density at radius 2 is 2.19 bits per heavy atom. The van der Waals surface area contributed by atoms with Crippen LogP contribution in [0.1, 0.15) is 15.2 Å². The van der Waals surface area contributed by atoms with Crippen molar-refractivity contribution in [3.05, 3.63) is 46.2 Å². The third-order valence-electron chi connectivity index (χ3n) is 2.79. The van der Waals surface area contributed by atoms with Crippen LogP contribution < -0.4 is 10.2 Å². The molecule has 0 atom stereocenters. The topological polar surface area (TPSA) is 52.6 Å². The number of aliphatic hydroxyl groups is 1. The molecule has 2 aromatic rings. The fourth-order valence-corrected chi connectivity index (χ4v) is 2.51. The van der Waals surface area contributed by atoms with Gasteiger partial charge in [-0.25, -0.2) is 0 Å². The highest BCUT2D eigenvalue weighted by Crippen LogP contribution is 2.21. The lowest BCUT2D eigenvalue weighted by atomic mass is 10.2. The number of anilines is 2. The third-order valence-corrected chi connectivity index (χ3v) is 3.71. The molecule has 4 nitrogen and oxygen atoms in total. The van der Waals surface area contributed by atoms with Crippen LogP contribution in [0.2, 0.25) is 0 Å². The highest BCUT2D eigenvalue weighted by molar-refractivity contribution is 7.12. The Morgan fingerprint density at radius 3 is 2.90 bits per heavy atom. The summed E-state index contributed by atoms with van der Waals surface area (Å²) in [6.45, 7) is -0.220. The number of aliphatic hydroxyl groups excluding tert-OH is 1. The lowest BCUT2D eigenvalue weighted by Gasteiger charge is -2.13. The molecule has 1 amide bonds. The number of hydrogen-bond acceptors (Lipinski definition) is 4. The predicted molar refractivity (Wildman–Crippen MR) is 87.0 cm³/mol. The smallest absolute Gasteiger partial charge is 0.267 e. The van der Waals surface area contributed by atoms with E-state index in [1.165, 1.54) is 11.3 Å². The van der Waals surface area contributed by atoms with Gasteiger partial charge in [0, 0.05) is 31.0 Å². The summed E-state index contributed by atoms with van der Waals surface area (Å²) >= 11 is 1.33. The Labute approximate surface area is 128 Å². The minimum Gasteiger partial charge on any atom is -0.384 e. The van der Waals surface area contributed by atoms with Crippen molar-refractivity contribution in [1.82, 2.24) is 0 Å². The van der Waals surface area contributed by atoms with Crippen LogP contribution in [-0.4, -0.2) is 31.7 Å². The second-order valence-corrected chi connectivity index (χ2v) is 5.44. The first-order chi connectivity index (χ1) is 10.1. The second kappa shape index (κ2) is 6.93. The van der Waals surface area contributed by atoms with Crippen molar-refractivity contribution in [3.63, 3.8) is 0 Å². The van der Waals surface area contributed by atoms with E-state index in [-0.39, 0.29) is 12.5 Å². The van der Waals surface area contributed by atoms with Gasteiger partial charge in [-0.3, -0.25) is 4.79 Å². The molecule has 0 unspecified atom stereocenters. The lowest BCUT2D eigenvalue weighted by Crippen LogP contribution is -2.13. The molecule has 0 aliphatic heterocycles. The second-order valence-electron chi connectivity index (χ2n) is 4.52. The van der Waals surface area contributed by atoms with Gasteiger partial charge in [-0.15, -0.1) is 11.3 Å². The predicted octanol–water partition coefficient (Wildman–Crippen LogP) is 2.41. The number of rotatable bonds is 3. The van der Waals surface area contributed by atoms with Crippen molar-refractivity contribution in [2.75, 3.05) is 30.9 Å². The molecule has 0 radical (unpaired) electrons. The molecule has 2 rings (SSSR count). The van der Waals surface area contributed by atoms with Crippen molar-refractivity contribution in [2.24, 2.45) is 0 Å². The summed E-state index contributed by atoms with van der Waals surface area (Å²) in [5, 5.41) is 13.4. The zero-order chi connectivity index (χ0) is 15.2. The Balaban J connectivity index is 2.19. The van der Waals surface area contributed by atoms with E-state index in [1.807, 2.05) is 48.6 Å². The SMILES string of the molecule is CN(C)c1cccc(NC(=O)c2sccc2C#CCO)c1. The highest BCUT2D eigenvalue weighted by atomic mass is 32.1. The Morgan fingerprint density at radius 1 is 1.38 bits per heavy atom. The van der Waals surface area contributed by atoms with Crippen LogP contribution in [0, 0.1) is 11.8 Å². The summed E-state index contributed by atoms with van der Waals surface area (Å²) in [4.78, 5) is 14.8. The van der Waals surface area contributed by atoms with Gasteiger partial charge in [-0.05, 0) is 29.6 Å². The van der Waals surface area contributed by atoms with E-state index in [4.69, 9.17) is 5.11 Å². The molecular formula is C16H16N2O2S. The van der Waals surface area contributed by atoms with Gasteiger partial charge >= 0.3 is 0 Å². The van der Waals surface area contributed by atoms with E-state index in [9.17, 15) is 4.79 Å². The summed E-state index contributed by atoms with van der Waals surface area (Å²) in [6.07, 6.45) is 0. The number of amides is 1. The molecule has 0 fully saturated rings. The number of carbonyl (C=O) groups excluding carboxylic acids is 1. The first kappa shape index (κ1) is 15.1. The Kier molecular flexibility index (Phi) is 4.99. The van der Waals surface area contributed by atoms with Crippen LogP contribution in [0.4, 0.5) is 11.4 Å². The molecule has 108 valence electrons. The molecule has 0 saturated heterocycles. The molecule has 1 aromatic carbocycles. The number of hydrogen-bond donors (Lipinski definition) is 2. The van der Waals surface area contributed by atoms with Gasteiger partial charge in [0.15, 0.2) is 0 Å². The molecular weight excluding hydrogens is 284 g/mol. The lowest BCUT2D eigenvalue weighted by molar-refractivity contribution is 0.103. The van der Waals surface area contributed by atoms with Crippen LogP contribution in [0.5, 0.6) is 0 Å². The van der Waals surface area contributed by atoms with E-state index in [0.717, 1.165) is 11.4 Å². The summed E-state index contributed by atoms with van der Waals surface area (Å²) in [7, 11) is 3.89. The maximum atomic E-state index is 12.3. The first-order valence-electron chi connectivity index (χ1n) is 6.38. The molecule has 0 aliphatic rings. The average Bonchev–Trinajstić information content (AvgIpc) is 2.93. The Hall–Kier alpha value is -2.29. The van der Waals surface area contributed by atoms with Crippen molar-refractivity contribution < 1.29 is 9.90 Å². The number of benzene rings is 1. The minimum atomic E-state index is -0.220. The van der Waals surface area contributed by atoms with Gasteiger partial charge in [-0.2, -0.15) is 0 Å². The molecule has 1 aromatic heterocycles. The van der Waals surface area contributed by atoms with Gasteiger partial charge < -0.3 is 15.3 Å². The summed E-state index contributed by atoms with van der Waals surface area (Å²) < 4.78 is 0. The number of nitrogens with one attached hydrogen (secondary N) is 1. The maximum absolute atomic E-state index is 12.3. The van der Waals surface area contributed by atoms with Gasteiger partial charge in [0.1, 0.15) is 11.5 Å². The molecule has 5 heteroatoms. The highest BCUT2D eigenvalue weighted by Gasteiger charge is 2.12. The summed E-state index contributed by atoms with van der Waals surface area (Å²) in [6, 6.07) is 9.39. The van der Waals surface area contributed by atoms with E-state index in [2.05, 4.69) is 17.2 Å². The van der Waals surface area contributed by atoms with Crippen molar-refractivity contribution in [3.8, 4) is 11.8 Å². The third kappa shape index (κ3) is 3.85. The van der Waals surface area contributed by atoms with Gasteiger partial charge in [-0.1, -0.05) is 17.9 Å². The van der Waals surface area contributed by atoms with Gasteiger partial charge in [0.2, 0.25) is 0 Å². The van der Waals surface area contributed by atoms with Crippen LogP contribution >= 0.6 is 11.3 Å². The summed E-state index contributed by atoms with van der Waals surface area (Å²) in [5.74, 6) is 5.15. The van der Waals surface area contributed by atoms with Crippen molar-refractivity contribution in [2.45, 2.75) is 0 Å². The fourth-order valence-electron chi connectivity index (χ4n) is 1.77. The standard InChI is InChI=1S/C16H16N2O2S/c1-18(2)14-7-3-6-13(11-14)17-16(20)15-12(5-4-9-19)8-10-21-15/h3,6-8,10-11,19H,9H2,1-2H3,(H,17,20). The zero-order valence-corrected chi connectivity index (χ0v) is 12.7. The van der Waals surface area contributed by atoms with Crippen molar-refractivity contribution in [1.29, 1.82) is 0 Å². The number of nitrogens with zero attached hydrogens (tertiary/aromatic N) is 1. The summed E-state index contributed by atoms with van der Waals surface area (Å²) in [5.41, 5.74) is 2.38. The first-order valence-corrected chi connectivity index (χ1v) is 7.25. The fraction of sp³-hybridized carbons (Fsp3) is 0.188. The maximum Gasteiger partial charge on any atom is 0.267 e. The van der Waals surface area contributed by atoms with Crippen LogP contribution in [-0.2, 0) is 0 Å². The quantitative estimate of drug-likeness (QED) is 0.856. The van der Waals surface area contributed by atoms with Crippen LogP contribution in [0.15, 0.2) is 35.7 Å². The van der Waals surface area contributed by atoms with Gasteiger partial charge in [0.05, 0.1) is 0 Å².